The van der Waals surface area contributed by atoms with Crippen molar-refractivity contribution < 1.29 is 31.9 Å². The Labute approximate surface area is 101 Å². The van der Waals surface area contributed by atoms with Crippen LogP contribution >= 0.6 is 0 Å². The first-order valence-corrected chi connectivity index (χ1v) is 5.06. The molecule has 0 saturated carbocycles. The van der Waals surface area contributed by atoms with E-state index in [9.17, 15) is 22.8 Å². The molecule has 4 nitrogen and oxygen atoms in total. The maximum absolute atomic E-state index is 12.5. The van der Waals surface area contributed by atoms with Gasteiger partial charge in [0.1, 0.15) is 0 Å². The minimum absolute atomic E-state index is 0.502. The fraction of sp³-hybridized carbons (Fsp3) is 0.455. The molecular weight excluding hydrogens is 253 g/mol. The Balaban J connectivity index is 3.19. The highest BCUT2D eigenvalue weighted by Gasteiger charge is 2.40. The second-order valence-electron chi connectivity index (χ2n) is 3.86. The topological polar surface area (TPSA) is 56.5 Å². The van der Waals surface area contributed by atoms with Crippen LogP contribution in [0.4, 0.5) is 13.2 Å². The second kappa shape index (κ2) is 4.83. The smallest absolute Gasteiger partial charge is 0.450 e. The van der Waals surface area contributed by atoms with Crippen molar-refractivity contribution in [3.8, 4) is 0 Å². The van der Waals surface area contributed by atoms with Crippen LogP contribution < -0.4 is 0 Å². The normalized spacial score (nSPS) is 11.7. The van der Waals surface area contributed by atoms with Crippen LogP contribution in [0.2, 0.25) is 0 Å². The minimum Gasteiger partial charge on any atom is -0.457 e. The summed E-state index contributed by atoms with van der Waals surface area (Å²) in [6, 6.07) is 0.746. The lowest BCUT2D eigenvalue weighted by Gasteiger charge is -2.05. The highest BCUT2D eigenvalue weighted by Crippen LogP contribution is 2.34. The molecule has 0 aliphatic heterocycles. The summed E-state index contributed by atoms with van der Waals surface area (Å²) in [5.41, 5.74) is -0.682. The Kier molecular flexibility index (Phi) is 3.83. The van der Waals surface area contributed by atoms with Gasteiger partial charge in [0.25, 0.3) is 0 Å². The maximum Gasteiger partial charge on any atom is 0.450 e. The number of furan rings is 1. The molecule has 100 valence electrons. The van der Waals surface area contributed by atoms with Crippen LogP contribution in [0.25, 0.3) is 0 Å². The van der Waals surface area contributed by atoms with Gasteiger partial charge in [0.2, 0.25) is 11.5 Å². The van der Waals surface area contributed by atoms with Crippen LogP contribution in [-0.4, -0.2) is 17.9 Å². The molecule has 1 aromatic heterocycles. The zero-order valence-electron chi connectivity index (χ0n) is 9.92. The molecule has 0 N–H and O–H groups in total. The van der Waals surface area contributed by atoms with Gasteiger partial charge in [-0.25, -0.2) is 4.79 Å². The van der Waals surface area contributed by atoms with Crippen LogP contribution in [0.1, 0.15) is 47.4 Å². The average Bonchev–Trinajstić information content (AvgIpc) is 2.59. The first-order valence-electron chi connectivity index (χ1n) is 5.06. The Morgan fingerprint density at radius 2 is 1.89 bits per heavy atom. The monoisotopic (exact) mass is 264 g/mol. The molecule has 0 amide bonds. The summed E-state index contributed by atoms with van der Waals surface area (Å²) in [4.78, 5) is 22.4. The van der Waals surface area contributed by atoms with Gasteiger partial charge < -0.3 is 9.15 Å². The molecule has 0 aliphatic carbocycles. The molecule has 0 spiro atoms. The lowest BCUT2D eigenvalue weighted by atomic mass is 10.1. The lowest BCUT2D eigenvalue weighted by molar-refractivity contribution is -0.153. The van der Waals surface area contributed by atoms with Gasteiger partial charge in [-0.2, -0.15) is 13.2 Å². The molecule has 1 rings (SSSR count). The summed E-state index contributed by atoms with van der Waals surface area (Å²) in [7, 11) is 0. The molecule has 0 unspecified atom stereocenters. The molecule has 1 aromatic rings. The number of ketones is 1. The number of carbonyl (C=O) groups is 2. The Hall–Kier alpha value is -1.79. The maximum atomic E-state index is 12.5. The van der Waals surface area contributed by atoms with E-state index in [2.05, 4.69) is 9.15 Å². The van der Waals surface area contributed by atoms with Crippen molar-refractivity contribution in [2.75, 3.05) is 0 Å². The van der Waals surface area contributed by atoms with Gasteiger partial charge in [-0.05, 0) is 20.8 Å². The predicted molar refractivity (Wildman–Crippen MR) is 54.3 cm³/mol. The van der Waals surface area contributed by atoms with Gasteiger partial charge in [-0.1, -0.05) is 0 Å². The molecule has 1 heterocycles. The molecular formula is C11H11F3O4. The van der Waals surface area contributed by atoms with Gasteiger partial charge in [0.15, 0.2) is 5.78 Å². The Morgan fingerprint density at radius 3 is 2.22 bits per heavy atom. The van der Waals surface area contributed by atoms with Crippen LogP contribution in [0.15, 0.2) is 10.5 Å². The van der Waals surface area contributed by atoms with Gasteiger partial charge >= 0.3 is 12.1 Å². The summed E-state index contributed by atoms with van der Waals surface area (Å²) in [6.45, 7) is 4.03. The third kappa shape index (κ3) is 3.12. The summed E-state index contributed by atoms with van der Waals surface area (Å²) in [6.07, 6.45) is -5.34. The van der Waals surface area contributed by atoms with E-state index in [-0.39, 0.29) is 0 Å². The number of esters is 1. The standard InChI is InChI=1S/C11H11F3O4/c1-5(2)17-10(16)8-4-7(6(3)15)9(18-8)11(12,13)14/h4-5H,1-3H3. The fourth-order valence-electron chi connectivity index (χ4n) is 1.24. The number of halogens is 3. The van der Waals surface area contributed by atoms with Crippen molar-refractivity contribution in [2.24, 2.45) is 0 Å². The molecule has 0 saturated heterocycles. The summed E-state index contributed by atoms with van der Waals surface area (Å²) in [5.74, 6) is -4.00. The predicted octanol–water partition coefficient (Wildman–Crippen LogP) is 3.07. The van der Waals surface area contributed by atoms with Gasteiger partial charge in [0.05, 0.1) is 11.7 Å². The van der Waals surface area contributed by atoms with E-state index in [1.165, 1.54) is 13.8 Å². The molecule has 18 heavy (non-hydrogen) atoms. The van der Waals surface area contributed by atoms with Crippen LogP contribution in [0.3, 0.4) is 0 Å². The van der Waals surface area contributed by atoms with E-state index < -0.39 is 41.1 Å². The molecule has 0 atom stereocenters. The first kappa shape index (κ1) is 14.3. The zero-order chi connectivity index (χ0) is 14.1. The van der Waals surface area contributed by atoms with Gasteiger partial charge in [0, 0.05) is 6.07 Å². The Morgan fingerprint density at radius 1 is 1.33 bits per heavy atom. The third-order valence-electron chi connectivity index (χ3n) is 1.91. The van der Waals surface area contributed by atoms with Crippen LogP contribution in [0, 0.1) is 0 Å². The van der Waals surface area contributed by atoms with E-state index in [1.807, 2.05) is 0 Å². The van der Waals surface area contributed by atoms with Gasteiger partial charge in [-0.15, -0.1) is 0 Å². The van der Waals surface area contributed by atoms with E-state index in [0.717, 1.165) is 13.0 Å². The number of carbonyl (C=O) groups excluding carboxylic acids is 2. The molecule has 0 aliphatic rings. The van der Waals surface area contributed by atoms with Crippen molar-refractivity contribution in [2.45, 2.75) is 33.1 Å². The van der Waals surface area contributed by atoms with Crippen LogP contribution in [-0.2, 0) is 10.9 Å². The van der Waals surface area contributed by atoms with E-state index >= 15 is 0 Å². The molecule has 0 fully saturated rings. The zero-order valence-corrected chi connectivity index (χ0v) is 9.92. The molecule has 7 heteroatoms. The highest BCUT2D eigenvalue weighted by atomic mass is 19.4. The van der Waals surface area contributed by atoms with Crippen LogP contribution in [0.5, 0.6) is 0 Å². The Bertz CT molecular complexity index is 471. The van der Waals surface area contributed by atoms with E-state index in [1.54, 1.807) is 0 Å². The van der Waals surface area contributed by atoms with Crippen molar-refractivity contribution in [1.82, 2.24) is 0 Å². The number of Topliss-reactive ketones (excluding diaryl/α,β-unsaturated/α-hetero) is 1. The average molecular weight is 264 g/mol. The molecule has 0 aromatic carbocycles. The quantitative estimate of drug-likeness (QED) is 0.622. The largest absolute Gasteiger partial charge is 0.457 e. The number of ether oxygens (including phenoxy) is 1. The van der Waals surface area contributed by atoms with Crippen molar-refractivity contribution in [3.05, 3.63) is 23.2 Å². The summed E-state index contributed by atoms with van der Waals surface area (Å²) in [5, 5.41) is 0. The molecule has 0 bridgehead atoms. The number of alkyl halides is 3. The second-order valence-corrected chi connectivity index (χ2v) is 3.86. The summed E-state index contributed by atoms with van der Waals surface area (Å²) >= 11 is 0. The number of rotatable bonds is 3. The fourth-order valence-corrected chi connectivity index (χ4v) is 1.24. The van der Waals surface area contributed by atoms with Gasteiger partial charge in [-0.3, -0.25) is 4.79 Å². The van der Waals surface area contributed by atoms with E-state index in [4.69, 9.17) is 0 Å². The highest BCUT2D eigenvalue weighted by molar-refractivity contribution is 5.98. The number of hydrogen-bond donors (Lipinski definition) is 0. The SMILES string of the molecule is CC(=O)c1cc(C(=O)OC(C)C)oc1C(F)(F)F. The first-order chi connectivity index (χ1) is 8.12. The van der Waals surface area contributed by atoms with Crippen molar-refractivity contribution in [3.63, 3.8) is 0 Å². The summed E-state index contributed by atoms with van der Waals surface area (Å²) < 4.78 is 46.7. The lowest BCUT2D eigenvalue weighted by Crippen LogP contribution is -2.11. The minimum atomic E-state index is -4.84. The van der Waals surface area contributed by atoms with Crippen molar-refractivity contribution >= 4 is 11.8 Å². The van der Waals surface area contributed by atoms with Crippen molar-refractivity contribution in [1.29, 1.82) is 0 Å². The number of hydrogen-bond acceptors (Lipinski definition) is 4. The molecule has 0 radical (unpaired) electrons. The third-order valence-corrected chi connectivity index (χ3v) is 1.91. The van der Waals surface area contributed by atoms with E-state index in [0.29, 0.717) is 0 Å².